The molecule has 1 amide bonds. The van der Waals surface area contributed by atoms with Crippen LogP contribution >= 0.6 is 0 Å². The molecule has 1 atom stereocenters. The molecule has 1 aromatic heterocycles. The van der Waals surface area contributed by atoms with Crippen LogP contribution in [-0.2, 0) is 24.8 Å². The van der Waals surface area contributed by atoms with Gasteiger partial charge in [-0.2, -0.15) is 0 Å². The largest absolute Gasteiger partial charge is 0.337 e. The molecule has 0 aliphatic carbocycles. The lowest BCUT2D eigenvalue weighted by atomic mass is 10.2. The third-order valence-electron chi connectivity index (χ3n) is 4.03. The minimum atomic E-state index is -0.217. The summed E-state index contributed by atoms with van der Waals surface area (Å²) in [5.41, 5.74) is 3.37. The molecule has 0 unspecified atom stereocenters. The average Bonchev–Trinajstić information content (AvgIpc) is 3.10. The monoisotopic (exact) mass is 284 g/mol. The molecule has 3 rings (SSSR count). The summed E-state index contributed by atoms with van der Waals surface area (Å²) < 4.78 is 1.95. The first-order chi connectivity index (χ1) is 10.2. The van der Waals surface area contributed by atoms with Crippen molar-refractivity contribution in [2.45, 2.75) is 25.9 Å². The third-order valence-corrected chi connectivity index (χ3v) is 4.03. The Balaban J connectivity index is 1.64. The quantitative estimate of drug-likeness (QED) is 0.925. The molecule has 5 heteroatoms. The van der Waals surface area contributed by atoms with Crippen LogP contribution in [0.1, 0.15) is 18.2 Å². The van der Waals surface area contributed by atoms with Gasteiger partial charge in [0.1, 0.15) is 0 Å². The predicted molar refractivity (Wildman–Crippen MR) is 82.0 cm³/mol. The molecule has 0 saturated heterocycles. The Hall–Kier alpha value is -2.14. The second kappa shape index (κ2) is 5.69. The normalized spacial score (nSPS) is 15.0. The van der Waals surface area contributed by atoms with Crippen LogP contribution in [-0.4, -0.2) is 28.0 Å². The number of anilines is 1. The number of carbonyl (C=O) groups is 1. The fraction of sp³-hybridized carbons (Fsp3) is 0.375. The van der Waals surface area contributed by atoms with Crippen molar-refractivity contribution in [3.63, 3.8) is 0 Å². The Morgan fingerprint density at radius 2 is 2.24 bits per heavy atom. The predicted octanol–water partition coefficient (Wildman–Crippen LogP) is 1.49. The second-order valence-corrected chi connectivity index (χ2v) is 5.47. The van der Waals surface area contributed by atoms with Gasteiger partial charge in [-0.15, -0.1) is 0 Å². The van der Waals surface area contributed by atoms with E-state index < -0.39 is 0 Å². The Morgan fingerprint density at radius 1 is 1.43 bits per heavy atom. The van der Waals surface area contributed by atoms with Crippen LogP contribution in [0.2, 0.25) is 0 Å². The highest BCUT2D eigenvalue weighted by Crippen LogP contribution is 2.27. The maximum Gasteiger partial charge on any atom is 0.243 e. The number of rotatable bonds is 4. The number of fused-ring (bicyclic) bond motifs is 1. The lowest BCUT2D eigenvalue weighted by Gasteiger charge is -2.22. The topological polar surface area (TPSA) is 50.2 Å². The van der Waals surface area contributed by atoms with Crippen LogP contribution in [0.3, 0.4) is 0 Å². The molecule has 21 heavy (non-hydrogen) atoms. The van der Waals surface area contributed by atoms with Gasteiger partial charge in [-0.3, -0.25) is 4.79 Å². The van der Waals surface area contributed by atoms with Crippen molar-refractivity contribution >= 4 is 11.6 Å². The fourth-order valence-corrected chi connectivity index (χ4v) is 2.70. The average molecular weight is 284 g/mol. The second-order valence-electron chi connectivity index (χ2n) is 5.47. The number of amides is 1. The van der Waals surface area contributed by atoms with E-state index in [1.807, 2.05) is 47.8 Å². The van der Waals surface area contributed by atoms with E-state index in [4.69, 9.17) is 0 Å². The number of aromatic nitrogens is 2. The molecule has 0 spiro atoms. The number of aryl methyl sites for hydroxylation is 1. The summed E-state index contributed by atoms with van der Waals surface area (Å²) in [4.78, 5) is 18.6. The molecule has 0 bridgehead atoms. The highest BCUT2D eigenvalue weighted by molar-refractivity contribution is 5.98. The third kappa shape index (κ3) is 2.69. The van der Waals surface area contributed by atoms with E-state index in [0.717, 1.165) is 24.3 Å². The summed E-state index contributed by atoms with van der Waals surface area (Å²) in [6.45, 7) is 3.33. The minimum absolute atomic E-state index is 0.127. The summed E-state index contributed by atoms with van der Waals surface area (Å²) in [5.74, 6) is 0.127. The number of imidazole rings is 1. The van der Waals surface area contributed by atoms with E-state index >= 15 is 0 Å². The number of carbonyl (C=O) groups excluding carboxylic acids is 1. The van der Waals surface area contributed by atoms with E-state index in [-0.39, 0.29) is 11.9 Å². The van der Waals surface area contributed by atoms with E-state index in [1.54, 1.807) is 6.33 Å². The molecule has 1 aromatic carbocycles. The Labute approximate surface area is 124 Å². The van der Waals surface area contributed by atoms with E-state index in [9.17, 15) is 4.79 Å². The Kier molecular flexibility index (Phi) is 3.75. The van der Waals surface area contributed by atoms with Crippen LogP contribution in [0.4, 0.5) is 5.69 Å². The van der Waals surface area contributed by atoms with Gasteiger partial charge in [0.15, 0.2) is 0 Å². The molecule has 1 N–H and O–H groups in total. The number of hydrogen-bond acceptors (Lipinski definition) is 3. The molecule has 110 valence electrons. The van der Waals surface area contributed by atoms with Crippen LogP contribution < -0.4 is 10.2 Å². The van der Waals surface area contributed by atoms with Crippen molar-refractivity contribution in [1.29, 1.82) is 0 Å². The molecule has 5 nitrogen and oxygen atoms in total. The Bertz CT molecular complexity index is 649. The van der Waals surface area contributed by atoms with E-state index in [2.05, 4.69) is 16.4 Å². The van der Waals surface area contributed by atoms with Crippen molar-refractivity contribution in [3.05, 3.63) is 48.0 Å². The van der Waals surface area contributed by atoms with E-state index in [0.29, 0.717) is 6.54 Å². The molecule has 2 aromatic rings. The summed E-state index contributed by atoms with van der Waals surface area (Å²) in [5, 5.41) is 3.28. The number of nitrogens with zero attached hydrogens (tertiary/aromatic N) is 3. The summed E-state index contributed by atoms with van der Waals surface area (Å²) >= 11 is 0. The molecule has 2 heterocycles. The van der Waals surface area contributed by atoms with Gasteiger partial charge in [-0.05, 0) is 25.0 Å². The van der Waals surface area contributed by atoms with Gasteiger partial charge in [-0.1, -0.05) is 18.2 Å². The maximum absolute atomic E-state index is 12.6. The summed E-state index contributed by atoms with van der Waals surface area (Å²) in [6.07, 6.45) is 4.52. The molecule has 0 radical (unpaired) electrons. The summed E-state index contributed by atoms with van der Waals surface area (Å²) in [7, 11) is 1.95. The first-order valence-corrected chi connectivity index (χ1v) is 7.24. The van der Waals surface area contributed by atoms with Crippen molar-refractivity contribution in [2.24, 2.45) is 7.05 Å². The van der Waals surface area contributed by atoms with Crippen LogP contribution in [0.15, 0.2) is 36.8 Å². The highest BCUT2D eigenvalue weighted by atomic mass is 16.2. The molecule has 1 aliphatic rings. The van der Waals surface area contributed by atoms with Crippen molar-refractivity contribution in [3.8, 4) is 0 Å². The van der Waals surface area contributed by atoms with Crippen molar-refractivity contribution in [1.82, 2.24) is 14.9 Å². The van der Waals surface area contributed by atoms with Gasteiger partial charge in [0.2, 0.25) is 5.91 Å². The lowest BCUT2D eigenvalue weighted by molar-refractivity contribution is -0.120. The fourth-order valence-electron chi connectivity index (χ4n) is 2.70. The van der Waals surface area contributed by atoms with Crippen molar-refractivity contribution < 1.29 is 4.79 Å². The summed E-state index contributed by atoms with van der Waals surface area (Å²) in [6, 6.07) is 7.91. The number of benzene rings is 1. The molecule has 0 fully saturated rings. The minimum Gasteiger partial charge on any atom is -0.337 e. The van der Waals surface area contributed by atoms with Gasteiger partial charge in [0, 0.05) is 32.0 Å². The number of hydrogen-bond donors (Lipinski definition) is 1. The number of para-hydroxylation sites is 1. The van der Waals surface area contributed by atoms with Crippen LogP contribution in [0.5, 0.6) is 0 Å². The molecular weight excluding hydrogens is 264 g/mol. The van der Waals surface area contributed by atoms with Gasteiger partial charge < -0.3 is 14.8 Å². The zero-order valence-corrected chi connectivity index (χ0v) is 12.4. The van der Waals surface area contributed by atoms with Gasteiger partial charge >= 0.3 is 0 Å². The first-order valence-electron chi connectivity index (χ1n) is 7.24. The van der Waals surface area contributed by atoms with Crippen LogP contribution in [0, 0.1) is 0 Å². The molecular formula is C16H20N4O. The van der Waals surface area contributed by atoms with Gasteiger partial charge in [0.25, 0.3) is 0 Å². The van der Waals surface area contributed by atoms with Gasteiger partial charge in [-0.25, -0.2) is 4.98 Å². The lowest BCUT2D eigenvalue weighted by Crippen LogP contribution is -2.44. The van der Waals surface area contributed by atoms with E-state index in [1.165, 1.54) is 5.56 Å². The molecule has 1 aliphatic heterocycles. The van der Waals surface area contributed by atoms with Gasteiger partial charge in [0.05, 0.1) is 18.1 Å². The zero-order valence-electron chi connectivity index (χ0n) is 12.4. The van der Waals surface area contributed by atoms with Crippen molar-refractivity contribution in [2.75, 3.05) is 11.4 Å². The molecule has 0 saturated carbocycles. The Morgan fingerprint density at radius 3 is 3.00 bits per heavy atom. The van der Waals surface area contributed by atoms with Crippen LogP contribution in [0.25, 0.3) is 0 Å². The number of nitrogens with one attached hydrogen (secondary N) is 1. The SMILES string of the molecule is C[C@H](NCc1cncn1C)C(=O)N1CCc2ccccc21. The standard InChI is InChI=1S/C16H20N4O/c1-12(18-10-14-9-17-11-19(14)2)16(21)20-8-7-13-5-3-4-6-15(13)20/h3-6,9,11-12,18H,7-8,10H2,1-2H3/t12-/m0/s1. The highest BCUT2D eigenvalue weighted by Gasteiger charge is 2.27. The zero-order chi connectivity index (χ0) is 14.8. The first kappa shape index (κ1) is 13.8. The maximum atomic E-state index is 12.6. The smallest absolute Gasteiger partial charge is 0.243 e.